The Morgan fingerprint density at radius 1 is 0.833 bits per heavy atom. The van der Waals surface area contributed by atoms with Crippen LogP contribution in [0.2, 0.25) is 0 Å². The molecule has 1 aromatic heterocycles. The van der Waals surface area contributed by atoms with Gasteiger partial charge in [0.1, 0.15) is 0 Å². The van der Waals surface area contributed by atoms with E-state index in [9.17, 15) is 0 Å². The molecule has 3 aromatic rings. The average Bonchev–Trinajstić information content (AvgIpc) is 3.18. The molecule has 2 aromatic carbocycles. The largest absolute Gasteiger partial charge is 0.351 e. The second kappa shape index (κ2) is 15.8. The van der Waals surface area contributed by atoms with E-state index in [0.29, 0.717) is 0 Å². The van der Waals surface area contributed by atoms with Crippen molar-refractivity contribution in [3.8, 4) is 0 Å². The van der Waals surface area contributed by atoms with Crippen LogP contribution in [-0.2, 0) is 16.0 Å². The van der Waals surface area contributed by atoms with Gasteiger partial charge in [-0.25, -0.2) is 25.4 Å². The molecule has 122 valence electrons. The summed E-state index contributed by atoms with van der Waals surface area (Å²) in [5.74, 6) is 0. The van der Waals surface area contributed by atoms with Crippen LogP contribution in [0.3, 0.4) is 0 Å². The van der Waals surface area contributed by atoms with Crippen molar-refractivity contribution in [2.45, 2.75) is 6.42 Å². The first-order valence-corrected chi connectivity index (χ1v) is 6.86. The van der Waals surface area contributed by atoms with Gasteiger partial charge in [-0.2, -0.15) is 0 Å². The van der Waals surface area contributed by atoms with Crippen molar-refractivity contribution < 1.29 is 9.59 Å². The van der Waals surface area contributed by atoms with E-state index in [0.717, 1.165) is 18.6 Å². The highest BCUT2D eigenvalue weighted by Gasteiger charge is 1.92. The fourth-order valence-corrected chi connectivity index (χ4v) is 1.64. The Kier molecular flexibility index (Phi) is 13.4. The molecule has 24 heavy (non-hydrogen) atoms. The number of aromatic nitrogens is 2. The number of benzene rings is 2. The zero-order chi connectivity index (χ0) is 17.9. The highest BCUT2D eigenvalue weighted by Crippen LogP contribution is 2.07. The van der Waals surface area contributed by atoms with Crippen LogP contribution in [0.5, 0.6) is 0 Å². The minimum atomic E-state index is 0.750. The van der Waals surface area contributed by atoms with Gasteiger partial charge in [0, 0.05) is 12.4 Å². The van der Waals surface area contributed by atoms with E-state index in [-0.39, 0.29) is 0 Å². The Labute approximate surface area is 140 Å². The molecule has 6 heteroatoms. The van der Waals surface area contributed by atoms with Gasteiger partial charge in [0.25, 0.3) is 0 Å². The standard InChI is InChI=1S/C13H12.C3H4N2.2CHNO/c1-3-7-12(8-4-1)11-13-9-5-2-6-10-13;1-2-5-3-4-1;2*2-1-3/h1-10H,11H2;1-3H,(H,4,5);2*2H. The first-order valence-electron chi connectivity index (χ1n) is 6.86. The van der Waals surface area contributed by atoms with Crippen LogP contribution in [0.15, 0.2) is 79.4 Å². The Morgan fingerprint density at radius 2 is 1.25 bits per heavy atom. The Balaban J connectivity index is 0.000000397. The van der Waals surface area contributed by atoms with Gasteiger partial charge in [-0.05, 0) is 17.5 Å². The van der Waals surface area contributed by atoms with Crippen molar-refractivity contribution in [2.75, 3.05) is 0 Å². The molecule has 0 bridgehead atoms. The highest BCUT2D eigenvalue weighted by molar-refractivity contribution is 5.26. The fraction of sp³-hybridized carbons (Fsp3) is 0.0556. The second-order valence-corrected chi connectivity index (χ2v) is 4.11. The van der Waals surface area contributed by atoms with E-state index >= 15 is 0 Å². The van der Waals surface area contributed by atoms with Gasteiger partial charge in [-0.15, -0.1) is 0 Å². The maximum absolute atomic E-state index is 8.35. The summed E-state index contributed by atoms with van der Waals surface area (Å²) in [7, 11) is 0. The van der Waals surface area contributed by atoms with Crippen LogP contribution in [0.1, 0.15) is 11.1 Å². The lowest BCUT2D eigenvalue weighted by molar-refractivity contribution is 0.562. The minimum Gasteiger partial charge on any atom is -0.351 e. The zero-order valence-electron chi connectivity index (χ0n) is 13.0. The van der Waals surface area contributed by atoms with E-state index in [1.165, 1.54) is 11.1 Å². The summed E-state index contributed by atoms with van der Waals surface area (Å²) in [4.78, 5) is 23.1. The molecule has 0 aliphatic carbocycles. The lowest BCUT2D eigenvalue weighted by Gasteiger charge is -2.00. The molecule has 0 atom stereocenters. The van der Waals surface area contributed by atoms with Crippen LogP contribution in [0.25, 0.3) is 0 Å². The van der Waals surface area contributed by atoms with Crippen LogP contribution in [0.4, 0.5) is 0 Å². The summed E-state index contributed by atoms with van der Waals surface area (Å²) in [5.41, 5.74) is 2.74. The number of hydrogen-bond donors (Lipinski definition) is 3. The SMILES string of the molecule is N=C=O.N=C=O.c1c[nH]cn1.c1ccc(Cc2ccccc2)cc1. The van der Waals surface area contributed by atoms with Crippen molar-refractivity contribution in [3.63, 3.8) is 0 Å². The molecule has 0 radical (unpaired) electrons. The van der Waals surface area contributed by atoms with E-state index in [1.807, 2.05) is 0 Å². The maximum atomic E-state index is 8.35. The number of carbonyl (C=O) groups excluding carboxylic acids is 2. The van der Waals surface area contributed by atoms with Crippen LogP contribution >= 0.6 is 0 Å². The monoisotopic (exact) mass is 322 g/mol. The summed E-state index contributed by atoms with van der Waals surface area (Å²) in [6.07, 6.45) is 7.61. The lowest BCUT2D eigenvalue weighted by atomic mass is 10.1. The third kappa shape index (κ3) is 12.2. The summed E-state index contributed by atoms with van der Waals surface area (Å²) in [6, 6.07) is 21.1. The predicted octanol–water partition coefficient (Wildman–Crippen LogP) is 3.49. The quantitative estimate of drug-likeness (QED) is 0.496. The first kappa shape index (κ1) is 20.4. The molecule has 0 unspecified atom stereocenters. The summed E-state index contributed by atoms with van der Waals surface area (Å²) in [5, 5.41) is 10.8. The Morgan fingerprint density at radius 3 is 1.50 bits per heavy atom. The maximum Gasteiger partial charge on any atom is 0.231 e. The molecular weight excluding hydrogens is 304 g/mol. The molecule has 6 nitrogen and oxygen atoms in total. The second-order valence-electron chi connectivity index (χ2n) is 4.11. The molecule has 0 fully saturated rings. The number of aromatic amines is 1. The molecule has 0 aliphatic heterocycles. The van der Waals surface area contributed by atoms with E-state index in [2.05, 4.69) is 70.6 Å². The molecule has 0 spiro atoms. The number of hydrogen-bond acceptors (Lipinski definition) is 5. The minimum absolute atomic E-state index is 0.750. The van der Waals surface area contributed by atoms with E-state index in [1.54, 1.807) is 18.7 Å². The number of H-pyrrole nitrogens is 1. The lowest BCUT2D eigenvalue weighted by Crippen LogP contribution is -1.85. The van der Waals surface area contributed by atoms with Crippen molar-refractivity contribution in [2.24, 2.45) is 0 Å². The third-order valence-corrected chi connectivity index (χ3v) is 2.50. The third-order valence-electron chi connectivity index (χ3n) is 2.50. The molecule has 3 N–H and O–H groups in total. The number of imidazole rings is 1. The molecule has 0 saturated carbocycles. The van der Waals surface area contributed by atoms with Gasteiger partial charge in [-0.3, -0.25) is 0 Å². The topological polar surface area (TPSA) is 111 Å². The van der Waals surface area contributed by atoms with Crippen LogP contribution in [0, 0.1) is 10.8 Å². The molecular formula is C18H18N4O2. The summed E-state index contributed by atoms with van der Waals surface area (Å²) < 4.78 is 0. The molecule has 0 saturated heterocycles. The number of isocyanates is 2. The smallest absolute Gasteiger partial charge is 0.231 e. The first-order chi connectivity index (χ1) is 11.8. The summed E-state index contributed by atoms with van der Waals surface area (Å²) >= 11 is 0. The van der Waals surface area contributed by atoms with Crippen molar-refractivity contribution >= 4 is 12.2 Å². The van der Waals surface area contributed by atoms with Gasteiger partial charge in [0.15, 0.2) is 0 Å². The van der Waals surface area contributed by atoms with Gasteiger partial charge in [0.05, 0.1) is 6.33 Å². The van der Waals surface area contributed by atoms with Crippen molar-refractivity contribution in [3.05, 3.63) is 90.5 Å². The van der Waals surface area contributed by atoms with E-state index in [4.69, 9.17) is 20.4 Å². The molecule has 1 heterocycles. The predicted molar refractivity (Wildman–Crippen MR) is 91.1 cm³/mol. The van der Waals surface area contributed by atoms with Crippen molar-refractivity contribution in [1.82, 2.24) is 9.97 Å². The Hall–Kier alpha value is -3.59. The normalized spacial score (nSPS) is 7.67. The number of rotatable bonds is 2. The van der Waals surface area contributed by atoms with E-state index < -0.39 is 0 Å². The fourth-order valence-electron chi connectivity index (χ4n) is 1.64. The number of nitrogens with zero attached hydrogens (tertiary/aromatic N) is 1. The highest BCUT2D eigenvalue weighted by atomic mass is 16.1. The zero-order valence-corrected chi connectivity index (χ0v) is 13.0. The molecule has 3 rings (SSSR count). The van der Waals surface area contributed by atoms with Gasteiger partial charge < -0.3 is 4.98 Å². The van der Waals surface area contributed by atoms with Crippen molar-refractivity contribution in [1.29, 1.82) is 10.8 Å². The summed E-state index contributed by atoms with van der Waals surface area (Å²) in [6.45, 7) is 0. The molecule has 0 aliphatic rings. The van der Waals surface area contributed by atoms with Crippen LogP contribution in [-0.4, -0.2) is 22.1 Å². The molecule has 0 amide bonds. The number of nitrogens with one attached hydrogen (secondary N) is 3. The Bertz CT molecular complexity index is 620. The van der Waals surface area contributed by atoms with Gasteiger partial charge >= 0.3 is 0 Å². The van der Waals surface area contributed by atoms with Gasteiger partial charge in [0.2, 0.25) is 12.2 Å². The van der Waals surface area contributed by atoms with Crippen LogP contribution < -0.4 is 0 Å². The average molecular weight is 322 g/mol. The van der Waals surface area contributed by atoms with Gasteiger partial charge in [-0.1, -0.05) is 60.7 Å².